The molecule has 3 rings (SSSR count). The van der Waals surface area contributed by atoms with Crippen molar-refractivity contribution >= 4 is 18.3 Å². The molecule has 24 heavy (non-hydrogen) atoms. The lowest BCUT2D eigenvalue weighted by Gasteiger charge is -2.35. The van der Waals surface area contributed by atoms with Crippen LogP contribution in [0.2, 0.25) is 0 Å². The lowest BCUT2D eigenvalue weighted by Crippen LogP contribution is -2.47. The van der Waals surface area contributed by atoms with E-state index in [4.69, 9.17) is 4.74 Å². The molecule has 0 aromatic heterocycles. The molecule has 1 amide bonds. The van der Waals surface area contributed by atoms with Gasteiger partial charge in [-0.2, -0.15) is 0 Å². The summed E-state index contributed by atoms with van der Waals surface area (Å²) in [6.07, 6.45) is 5.39. The van der Waals surface area contributed by atoms with Gasteiger partial charge >= 0.3 is 0 Å². The van der Waals surface area contributed by atoms with E-state index in [-0.39, 0.29) is 18.3 Å². The highest BCUT2D eigenvalue weighted by molar-refractivity contribution is 5.85. The van der Waals surface area contributed by atoms with Crippen molar-refractivity contribution in [2.24, 2.45) is 5.92 Å². The molecular weight excluding hydrogens is 324 g/mol. The van der Waals surface area contributed by atoms with Gasteiger partial charge in [0.25, 0.3) is 0 Å². The summed E-state index contributed by atoms with van der Waals surface area (Å²) in [7, 11) is 0. The number of nitrogens with zero attached hydrogens (tertiary/aromatic N) is 1. The third kappa shape index (κ3) is 5.47. The molecule has 1 aromatic carbocycles. The molecule has 4 nitrogen and oxygen atoms in total. The van der Waals surface area contributed by atoms with E-state index in [0.29, 0.717) is 12.0 Å². The van der Waals surface area contributed by atoms with Crippen molar-refractivity contribution in [1.82, 2.24) is 10.2 Å². The van der Waals surface area contributed by atoms with Crippen LogP contribution in [0.3, 0.4) is 0 Å². The van der Waals surface area contributed by atoms with Gasteiger partial charge < -0.3 is 15.0 Å². The highest BCUT2D eigenvalue weighted by atomic mass is 35.5. The van der Waals surface area contributed by atoms with Crippen molar-refractivity contribution in [3.8, 4) is 0 Å². The van der Waals surface area contributed by atoms with Gasteiger partial charge in [-0.15, -0.1) is 12.4 Å². The molecule has 2 aliphatic heterocycles. The fraction of sp³-hybridized carbons (Fsp3) is 0.632. The molecule has 1 aromatic rings. The number of nitrogens with one attached hydrogen (secondary N) is 1. The van der Waals surface area contributed by atoms with Crippen molar-refractivity contribution in [2.45, 2.75) is 38.2 Å². The number of hydrogen-bond acceptors (Lipinski definition) is 3. The zero-order chi connectivity index (χ0) is 15.9. The number of benzene rings is 1. The van der Waals surface area contributed by atoms with Crippen LogP contribution in [0.25, 0.3) is 0 Å². The van der Waals surface area contributed by atoms with E-state index >= 15 is 0 Å². The first kappa shape index (κ1) is 19.2. The number of likely N-dealkylation sites (tertiary alicyclic amines) is 1. The molecule has 0 aliphatic carbocycles. The molecule has 2 fully saturated rings. The van der Waals surface area contributed by atoms with Gasteiger partial charge in [0.1, 0.15) is 0 Å². The number of piperidine rings is 2. The molecule has 1 atom stereocenters. The van der Waals surface area contributed by atoms with Crippen LogP contribution in [0.15, 0.2) is 30.3 Å². The van der Waals surface area contributed by atoms with Gasteiger partial charge in [0.05, 0.1) is 18.6 Å². The highest BCUT2D eigenvalue weighted by Gasteiger charge is 2.29. The Bertz CT molecular complexity index is 483. The molecule has 1 unspecified atom stereocenters. The van der Waals surface area contributed by atoms with Crippen LogP contribution in [-0.4, -0.2) is 49.7 Å². The topological polar surface area (TPSA) is 41.6 Å². The number of carbonyl (C=O) groups is 1. The van der Waals surface area contributed by atoms with Crippen LogP contribution in [-0.2, 0) is 16.0 Å². The average Bonchev–Trinajstić information content (AvgIpc) is 2.63. The summed E-state index contributed by atoms with van der Waals surface area (Å²) in [6.45, 7) is 4.39. The Labute approximate surface area is 151 Å². The van der Waals surface area contributed by atoms with Gasteiger partial charge in [0, 0.05) is 19.6 Å². The van der Waals surface area contributed by atoms with Crippen molar-refractivity contribution in [3.05, 3.63) is 35.9 Å². The molecule has 2 saturated heterocycles. The summed E-state index contributed by atoms with van der Waals surface area (Å²) in [6, 6.07) is 10.5. The summed E-state index contributed by atoms with van der Waals surface area (Å²) >= 11 is 0. The van der Waals surface area contributed by atoms with Crippen molar-refractivity contribution in [3.63, 3.8) is 0 Å². The number of halogens is 1. The lowest BCUT2D eigenvalue weighted by molar-refractivity contribution is -0.138. The Kier molecular flexibility index (Phi) is 8.03. The zero-order valence-corrected chi connectivity index (χ0v) is 15.1. The fourth-order valence-corrected chi connectivity index (χ4v) is 3.55. The molecule has 0 radical (unpaired) electrons. The van der Waals surface area contributed by atoms with Gasteiger partial charge in [-0.05, 0) is 44.2 Å². The third-order valence-electron chi connectivity index (χ3n) is 4.99. The van der Waals surface area contributed by atoms with E-state index in [1.807, 2.05) is 6.07 Å². The third-order valence-corrected chi connectivity index (χ3v) is 4.99. The maximum Gasteiger partial charge on any atom is 0.226 e. The Morgan fingerprint density at radius 2 is 1.92 bits per heavy atom. The first-order chi connectivity index (χ1) is 11.3. The molecule has 0 bridgehead atoms. The summed E-state index contributed by atoms with van der Waals surface area (Å²) in [4.78, 5) is 14.6. The molecule has 134 valence electrons. The molecule has 0 spiro atoms. The summed E-state index contributed by atoms with van der Waals surface area (Å²) < 4.78 is 6.01. The fourth-order valence-electron chi connectivity index (χ4n) is 3.55. The Balaban J connectivity index is 0.00000208. The van der Waals surface area contributed by atoms with Crippen LogP contribution in [0.5, 0.6) is 0 Å². The second-order valence-corrected chi connectivity index (χ2v) is 6.67. The Morgan fingerprint density at radius 1 is 1.17 bits per heavy atom. The quantitative estimate of drug-likeness (QED) is 0.885. The zero-order valence-electron chi connectivity index (χ0n) is 14.3. The number of hydrogen-bond donors (Lipinski definition) is 1. The largest absolute Gasteiger partial charge is 0.378 e. The standard InChI is InChI=1S/C19H28N2O2.ClH/c22-19(17-7-4-11-20-15-17)21-12-8-18(9-13-21)23-14-10-16-5-2-1-3-6-16;/h1-3,5-6,17-18,20H,4,7-15H2;1H. The summed E-state index contributed by atoms with van der Waals surface area (Å²) in [5, 5.41) is 3.33. The van der Waals surface area contributed by atoms with Gasteiger partial charge in [-0.3, -0.25) is 4.79 Å². The summed E-state index contributed by atoms with van der Waals surface area (Å²) in [5.41, 5.74) is 1.32. The van der Waals surface area contributed by atoms with E-state index in [0.717, 1.165) is 64.9 Å². The van der Waals surface area contributed by atoms with Gasteiger partial charge in [0.15, 0.2) is 0 Å². The van der Waals surface area contributed by atoms with Crippen LogP contribution in [0.1, 0.15) is 31.2 Å². The Hall–Kier alpha value is -1.10. The van der Waals surface area contributed by atoms with Gasteiger partial charge in [-0.25, -0.2) is 0 Å². The first-order valence-electron chi connectivity index (χ1n) is 8.98. The van der Waals surface area contributed by atoms with Crippen molar-refractivity contribution < 1.29 is 9.53 Å². The Morgan fingerprint density at radius 3 is 2.58 bits per heavy atom. The number of rotatable bonds is 5. The van der Waals surface area contributed by atoms with Crippen LogP contribution < -0.4 is 5.32 Å². The smallest absolute Gasteiger partial charge is 0.226 e. The second kappa shape index (κ2) is 10.0. The minimum absolute atomic E-state index is 0. The van der Waals surface area contributed by atoms with Crippen LogP contribution >= 0.6 is 12.4 Å². The SMILES string of the molecule is Cl.O=C(C1CCCNC1)N1CCC(OCCc2ccccc2)CC1. The summed E-state index contributed by atoms with van der Waals surface area (Å²) in [5.74, 6) is 0.541. The van der Waals surface area contributed by atoms with E-state index in [9.17, 15) is 4.79 Å². The maximum atomic E-state index is 12.5. The number of ether oxygens (including phenoxy) is 1. The molecule has 0 saturated carbocycles. The molecule has 1 N–H and O–H groups in total. The average molecular weight is 353 g/mol. The predicted octanol–water partition coefficient (Wildman–Crippen LogP) is 2.66. The van der Waals surface area contributed by atoms with E-state index < -0.39 is 0 Å². The van der Waals surface area contributed by atoms with Crippen LogP contribution in [0.4, 0.5) is 0 Å². The lowest BCUT2D eigenvalue weighted by atomic mass is 9.96. The highest BCUT2D eigenvalue weighted by Crippen LogP contribution is 2.19. The van der Waals surface area contributed by atoms with Crippen LogP contribution in [0, 0.1) is 5.92 Å². The number of carbonyl (C=O) groups excluding carboxylic acids is 1. The maximum absolute atomic E-state index is 12.5. The molecule has 2 heterocycles. The normalized spacial score (nSPS) is 22.0. The first-order valence-corrected chi connectivity index (χ1v) is 8.98. The molecule has 2 aliphatic rings. The van der Waals surface area contributed by atoms with E-state index in [1.165, 1.54) is 5.56 Å². The second-order valence-electron chi connectivity index (χ2n) is 6.67. The molecular formula is C19H29ClN2O2. The van der Waals surface area contributed by atoms with Crippen molar-refractivity contribution in [1.29, 1.82) is 0 Å². The monoisotopic (exact) mass is 352 g/mol. The molecule has 5 heteroatoms. The predicted molar refractivity (Wildman–Crippen MR) is 98.5 cm³/mol. The van der Waals surface area contributed by atoms with Gasteiger partial charge in [-0.1, -0.05) is 30.3 Å². The van der Waals surface area contributed by atoms with E-state index in [2.05, 4.69) is 34.5 Å². The van der Waals surface area contributed by atoms with E-state index in [1.54, 1.807) is 0 Å². The van der Waals surface area contributed by atoms with Crippen molar-refractivity contribution in [2.75, 3.05) is 32.8 Å². The minimum Gasteiger partial charge on any atom is -0.378 e. The minimum atomic E-state index is 0. The van der Waals surface area contributed by atoms with Gasteiger partial charge in [0.2, 0.25) is 5.91 Å². The number of amides is 1.